The van der Waals surface area contributed by atoms with E-state index in [9.17, 15) is 24.3 Å². The lowest BCUT2D eigenvalue weighted by atomic mass is 10.0. The third kappa shape index (κ3) is 6.07. The van der Waals surface area contributed by atoms with Crippen LogP contribution in [0.4, 0.5) is 16.2 Å². The Balaban J connectivity index is 1.58. The predicted molar refractivity (Wildman–Crippen MR) is 117 cm³/mol. The van der Waals surface area contributed by atoms with Gasteiger partial charge in [0.05, 0.1) is 7.11 Å². The molecule has 4 N–H and O–H groups in total. The van der Waals surface area contributed by atoms with Gasteiger partial charge in [0.1, 0.15) is 6.04 Å². The highest BCUT2D eigenvalue weighted by Crippen LogP contribution is 2.38. The molecular weight excluding hydrogens is 414 g/mol. The molecule has 0 aliphatic heterocycles. The van der Waals surface area contributed by atoms with E-state index in [1.54, 1.807) is 24.3 Å². The van der Waals surface area contributed by atoms with Crippen molar-refractivity contribution in [3.63, 3.8) is 0 Å². The van der Waals surface area contributed by atoms with E-state index in [-0.39, 0.29) is 23.8 Å². The van der Waals surface area contributed by atoms with Gasteiger partial charge in [0.25, 0.3) is 5.91 Å². The summed E-state index contributed by atoms with van der Waals surface area (Å²) >= 11 is 0. The number of ether oxygens (including phenoxy) is 1. The second-order valence-corrected chi connectivity index (χ2v) is 7.77. The maximum absolute atomic E-state index is 12.5. The highest BCUT2D eigenvalue weighted by molar-refractivity contribution is 5.97. The van der Waals surface area contributed by atoms with Gasteiger partial charge < -0.3 is 20.5 Å². The first-order valence-electron chi connectivity index (χ1n) is 10.2. The number of carbonyl (C=O) groups is 4. The van der Waals surface area contributed by atoms with Crippen molar-refractivity contribution in [2.45, 2.75) is 25.8 Å². The summed E-state index contributed by atoms with van der Waals surface area (Å²) in [6.45, 7) is 2.03. The highest BCUT2D eigenvalue weighted by Gasteiger charge is 2.39. The Labute approximate surface area is 185 Å². The molecule has 0 saturated heterocycles. The van der Waals surface area contributed by atoms with Gasteiger partial charge >= 0.3 is 12.1 Å². The van der Waals surface area contributed by atoms with Crippen LogP contribution in [0.15, 0.2) is 48.5 Å². The van der Waals surface area contributed by atoms with Gasteiger partial charge in [0.15, 0.2) is 0 Å². The molecule has 3 amide bonds. The van der Waals surface area contributed by atoms with Gasteiger partial charge in [-0.3, -0.25) is 14.9 Å². The summed E-state index contributed by atoms with van der Waals surface area (Å²) in [5.74, 6) is -1.25. The Kier molecular flexibility index (Phi) is 7.09. The molecule has 0 bridgehead atoms. The number of hydrogen-bond acceptors (Lipinski definition) is 5. The van der Waals surface area contributed by atoms with E-state index in [4.69, 9.17) is 0 Å². The fourth-order valence-corrected chi connectivity index (χ4v) is 3.20. The lowest BCUT2D eigenvalue weighted by molar-refractivity contribution is -0.139. The Morgan fingerprint density at radius 3 is 2.09 bits per heavy atom. The molecule has 9 heteroatoms. The first-order valence-corrected chi connectivity index (χ1v) is 10.2. The molecule has 168 valence electrons. The third-order valence-corrected chi connectivity index (χ3v) is 5.29. The Hall–Kier alpha value is -3.88. The average Bonchev–Trinajstić information content (AvgIpc) is 3.51. The fraction of sp³-hybridized carbons (Fsp3) is 0.304. The molecule has 0 radical (unpaired) electrons. The topological polar surface area (TPSA) is 134 Å². The number of nitrogens with one attached hydrogen (secondary N) is 3. The fourth-order valence-electron chi connectivity index (χ4n) is 3.20. The number of carboxylic acid groups (broad SMARTS) is 1. The maximum atomic E-state index is 12.5. The molecule has 1 saturated carbocycles. The van der Waals surface area contributed by atoms with Gasteiger partial charge in [-0.05, 0) is 54.3 Å². The third-order valence-electron chi connectivity index (χ3n) is 5.29. The molecule has 2 aromatic carbocycles. The number of aliphatic carboxylic acids is 1. The first-order chi connectivity index (χ1) is 15.3. The number of benzene rings is 2. The molecule has 9 nitrogen and oxygen atoms in total. The number of amides is 3. The summed E-state index contributed by atoms with van der Waals surface area (Å²) in [7, 11) is 1.24. The van der Waals surface area contributed by atoms with E-state index in [1.807, 2.05) is 6.92 Å². The molecular formula is C23H25N3O6. The molecule has 1 aliphatic carbocycles. The van der Waals surface area contributed by atoms with Gasteiger partial charge in [-0.2, -0.15) is 0 Å². The lowest BCUT2D eigenvalue weighted by Crippen LogP contribution is -2.42. The normalized spacial score (nSPS) is 17.6. The van der Waals surface area contributed by atoms with E-state index < -0.39 is 24.0 Å². The van der Waals surface area contributed by atoms with Crippen LogP contribution in [0.3, 0.4) is 0 Å². The van der Waals surface area contributed by atoms with Crippen LogP contribution >= 0.6 is 0 Å². The second-order valence-electron chi connectivity index (χ2n) is 7.77. The van der Waals surface area contributed by atoms with E-state index in [2.05, 4.69) is 20.7 Å². The van der Waals surface area contributed by atoms with Gasteiger partial charge in [0, 0.05) is 29.3 Å². The number of rotatable bonds is 8. The van der Waals surface area contributed by atoms with E-state index in [0.29, 0.717) is 22.9 Å². The standard InChI is InChI=1S/C23H25N3O6/c1-13-11-18(13)21(28)24-16-7-3-14(4-8-16)12-19(22(29)30)26-20(27)15-5-9-17(10-6-15)25-23(31)32-2/h3-10,13,18-19H,11-12H2,1-2H3,(H,24,28)(H,25,31)(H,26,27)(H,29,30)/t13?,18?,19-/m0/s1. The van der Waals surface area contributed by atoms with Crippen LogP contribution in [0.25, 0.3) is 0 Å². The zero-order valence-corrected chi connectivity index (χ0v) is 17.8. The van der Waals surface area contributed by atoms with Crippen molar-refractivity contribution in [2.24, 2.45) is 11.8 Å². The monoisotopic (exact) mass is 439 g/mol. The molecule has 3 atom stereocenters. The van der Waals surface area contributed by atoms with Crippen molar-refractivity contribution in [2.75, 3.05) is 17.7 Å². The maximum Gasteiger partial charge on any atom is 0.411 e. The SMILES string of the molecule is COC(=O)Nc1ccc(C(=O)N[C@@H](Cc2ccc(NC(=O)C3CC3C)cc2)C(=O)O)cc1. The van der Waals surface area contributed by atoms with Crippen molar-refractivity contribution in [1.29, 1.82) is 0 Å². The number of methoxy groups -OCH3 is 1. The quantitative estimate of drug-likeness (QED) is 0.500. The molecule has 0 spiro atoms. The van der Waals surface area contributed by atoms with Crippen LogP contribution in [0.5, 0.6) is 0 Å². The van der Waals surface area contributed by atoms with E-state index in [0.717, 1.165) is 6.42 Å². The zero-order valence-electron chi connectivity index (χ0n) is 17.8. The number of anilines is 2. The highest BCUT2D eigenvalue weighted by atomic mass is 16.5. The van der Waals surface area contributed by atoms with Crippen molar-refractivity contribution in [3.05, 3.63) is 59.7 Å². The van der Waals surface area contributed by atoms with Crippen LogP contribution in [0, 0.1) is 11.8 Å². The molecule has 2 unspecified atom stereocenters. The van der Waals surface area contributed by atoms with Gasteiger partial charge in [0.2, 0.25) is 5.91 Å². The smallest absolute Gasteiger partial charge is 0.411 e. The summed E-state index contributed by atoms with van der Waals surface area (Å²) < 4.78 is 4.50. The zero-order chi connectivity index (χ0) is 23.3. The molecule has 0 aromatic heterocycles. The summed E-state index contributed by atoms with van der Waals surface area (Å²) in [6, 6.07) is 11.7. The number of carbonyl (C=O) groups excluding carboxylic acids is 3. The van der Waals surface area contributed by atoms with Crippen molar-refractivity contribution >= 4 is 35.3 Å². The molecule has 1 fully saturated rings. The number of hydrogen-bond donors (Lipinski definition) is 4. The van der Waals surface area contributed by atoms with Gasteiger partial charge in [-0.25, -0.2) is 9.59 Å². The molecule has 1 aliphatic rings. The van der Waals surface area contributed by atoms with Crippen LogP contribution in [0.1, 0.15) is 29.3 Å². The van der Waals surface area contributed by atoms with Crippen LogP contribution in [0.2, 0.25) is 0 Å². The molecule has 32 heavy (non-hydrogen) atoms. The second kappa shape index (κ2) is 9.95. The number of carboxylic acids is 1. The van der Waals surface area contributed by atoms with E-state index in [1.165, 1.54) is 31.4 Å². The summed E-state index contributed by atoms with van der Waals surface area (Å²) in [5, 5.41) is 17.4. The minimum atomic E-state index is -1.16. The average molecular weight is 439 g/mol. The molecule has 3 rings (SSSR count). The van der Waals surface area contributed by atoms with Crippen molar-refractivity contribution in [1.82, 2.24) is 5.32 Å². The Morgan fingerprint density at radius 1 is 1.00 bits per heavy atom. The largest absolute Gasteiger partial charge is 0.480 e. The minimum Gasteiger partial charge on any atom is -0.480 e. The summed E-state index contributed by atoms with van der Waals surface area (Å²) in [5.41, 5.74) is 2.04. The molecule has 2 aromatic rings. The van der Waals surface area contributed by atoms with Crippen LogP contribution in [-0.4, -0.2) is 42.1 Å². The summed E-state index contributed by atoms with van der Waals surface area (Å²) in [4.78, 5) is 47.4. The summed E-state index contributed by atoms with van der Waals surface area (Å²) in [6.07, 6.45) is 0.339. The Bertz CT molecular complexity index is 1000. The van der Waals surface area contributed by atoms with Crippen molar-refractivity contribution in [3.8, 4) is 0 Å². The van der Waals surface area contributed by atoms with Crippen LogP contribution in [-0.2, 0) is 20.7 Å². The van der Waals surface area contributed by atoms with E-state index >= 15 is 0 Å². The molecule has 0 heterocycles. The van der Waals surface area contributed by atoms with Gasteiger partial charge in [-0.15, -0.1) is 0 Å². The lowest BCUT2D eigenvalue weighted by Gasteiger charge is -2.15. The Morgan fingerprint density at radius 2 is 1.56 bits per heavy atom. The predicted octanol–water partition coefficient (Wildman–Crippen LogP) is 2.89. The van der Waals surface area contributed by atoms with Crippen molar-refractivity contribution < 1.29 is 29.0 Å². The van der Waals surface area contributed by atoms with Crippen LogP contribution < -0.4 is 16.0 Å². The van der Waals surface area contributed by atoms with Gasteiger partial charge in [-0.1, -0.05) is 19.1 Å². The first kappa shape index (κ1) is 22.8. The minimum absolute atomic E-state index is 0.00581.